The fourth-order valence-corrected chi connectivity index (χ4v) is 3.14. The van der Waals surface area contributed by atoms with Crippen LogP contribution in [0, 0.1) is 5.82 Å². The number of amides is 1. The normalized spacial score (nSPS) is 19.7. The van der Waals surface area contributed by atoms with Crippen molar-refractivity contribution in [2.75, 3.05) is 6.61 Å². The van der Waals surface area contributed by atoms with Crippen molar-refractivity contribution < 1.29 is 14.3 Å². The van der Waals surface area contributed by atoms with Gasteiger partial charge in [-0.2, -0.15) is 0 Å². The van der Waals surface area contributed by atoms with Crippen LogP contribution in [0.4, 0.5) is 4.39 Å². The molecule has 1 amide bonds. The molecule has 0 aliphatic heterocycles. The maximum absolute atomic E-state index is 13.3. The molecule has 0 heterocycles. The minimum atomic E-state index is -0.961. The van der Waals surface area contributed by atoms with Gasteiger partial charge in [0.1, 0.15) is 5.82 Å². The maximum Gasteiger partial charge on any atom is 0.233 e. The molecule has 0 aromatic heterocycles. The van der Waals surface area contributed by atoms with Gasteiger partial charge in [-0.05, 0) is 41.7 Å². The van der Waals surface area contributed by atoms with E-state index in [2.05, 4.69) is 5.32 Å². The summed E-state index contributed by atoms with van der Waals surface area (Å²) in [5.41, 5.74) is 1.59. The van der Waals surface area contributed by atoms with Crippen LogP contribution in [-0.2, 0) is 23.2 Å². The van der Waals surface area contributed by atoms with E-state index in [1.54, 1.807) is 6.07 Å². The summed E-state index contributed by atoms with van der Waals surface area (Å²) in [4.78, 5) is 12.7. The summed E-state index contributed by atoms with van der Waals surface area (Å²) in [6.07, 6.45) is 1.11. The maximum atomic E-state index is 13.3. The zero-order valence-electron chi connectivity index (χ0n) is 12.2. The Labute approximate surface area is 128 Å². The SMILES string of the molecule is O=C(NCc1ccccc1)C1(CO)CCc2cc(F)ccc21. The zero-order chi connectivity index (χ0) is 15.6. The molecule has 4 heteroatoms. The van der Waals surface area contributed by atoms with Crippen molar-refractivity contribution >= 4 is 5.91 Å². The molecule has 2 N–H and O–H groups in total. The number of aliphatic hydroxyl groups excluding tert-OH is 1. The summed E-state index contributed by atoms with van der Waals surface area (Å²) in [7, 11) is 0. The molecule has 0 spiro atoms. The van der Waals surface area contributed by atoms with Crippen LogP contribution in [-0.4, -0.2) is 17.6 Å². The third-order valence-corrected chi connectivity index (χ3v) is 4.40. The smallest absolute Gasteiger partial charge is 0.233 e. The lowest BCUT2D eigenvalue weighted by molar-refractivity contribution is -0.128. The van der Waals surface area contributed by atoms with Gasteiger partial charge in [-0.3, -0.25) is 4.79 Å². The summed E-state index contributed by atoms with van der Waals surface area (Å²) in [6, 6.07) is 14.0. The number of rotatable bonds is 4. The van der Waals surface area contributed by atoms with Crippen molar-refractivity contribution in [2.45, 2.75) is 24.8 Å². The average molecular weight is 299 g/mol. The number of fused-ring (bicyclic) bond motifs is 1. The second-order valence-electron chi connectivity index (χ2n) is 5.71. The largest absolute Gasteiger partial charge is 0.395 e. The number of aryl methyl sites for hydroxylation is 1. The molecule has 2 aromatic rings. The first-order chi connectivity index (χ1) is 10.7. The molecule has 1 aliphatic carbocycles. The molecule has 114 valence electrons. The molecule has 1 atom stereocenters. The van der Waals surface area contributed by atoms with Crippen molar-refractivity contribution in [1.82, 2.24) is 5.32 Å². The number of aliphatic hydroxyl groups is 1. The van der Waals surface area contributed by atoms with E-state index in [0.29, 0.717) is 19.4 Å². The van der Waals surface area contributed by atoms with Crippen LogP contribution >= 0.6 is 0 Å². The summed E-state index contributed by atoms with van der Waals surface area (Å²) >= 11 is 0. The second kappa shape index (κ2) is 5.89. The Hall–Kier alpha value is -2.20. The minimum Gasteiger partial charge on any atom is -0.395 e. The van der Waals surface area contributed by atoms with Crippen LogP contribution in [0.3, 0.4) is 0 Å². The second-order valence-corrected chi connectivity index (χ2v) is 5.71. The first-order valence-electron chi connectivity index (χ1n) is 7.38. The predicted molar refractivity (Wildman–Crippen MR) is 81.8 cm³/mol. The van der Waals surface area contributed by atoms with Crippen LogP contribution in [0.5, 0.6) is 0 Å². The molecule has 2 aromatic carbocycles. The van der Waals surface area contributed by atoms with Gasteiger partial charge in [0.15, 0.2) is 0 Å². The Balaban J connectivity index is 1.81. The fourth-order valence-electron chi connectivity index (χ4n) is 3.14. The third kappa shape index (κ3) is 2.50. The first kappa shape index (κ1) is 14.7. The highest BCUT2D eigenvalue weighted by Gasteiger charge is 2.44. The number of benzene rings is 2. The van der Waals surface area contributed by atoms with Gasteiger partial charge < -0.3 is 10.4 Å². The minimum absolute atomic E-state index is 0.204. The topological polar surface area (TPSA) is 49.3 Å². The molecular formula is C18H18FNO2. The van der Waals surface area contributed by atoms with Crippen molar-refractivity contribution in [2.24, 2.45) is 0 Å². The van der Waals surface area contributed by atoms with Gasteiger partial charge in [-0.1, -0.05) is 36.4 Å². The van der Waals surface area contributed by atoms with Gasteiger partial charge in [-0.25, -0.2) is 4.39 Å². The zero-order valence-corrected chi connectivity index (χ0v) is 12.2. The lowest BCUT2D eigenvalue weighted by atomic mass is 9.81. The molecule has 1 unspecified atom stereocenters. The molecule has 0 saturated carbocycles. The quantitative estimate of drug-likeness (QED) is 0.910. The molecule has 3 rings (SSSR count). The van der Waals surface area contributed by atoms with Crippen molar-refractivity contribution in [3.8, 4) is 0 Å². The molecule has 22 heavy (non-hydrogen) atoms. The van der Waals surface area contributed by atoms with Gasteiger partial charge in [-0.15, -0.1) is 0 Å². The lowest BCUT2D eigenvalue weighted by Gasteiger charge is -2.27. The highest BCUT2D eigenvalue weighted by atomic mass is 19.1. The summed E-state index contributed by atoms with van der Waals surface area (Å²) in [5.74, 6) is -0.513. The number of carbonyl (C=O) groups excluding carboxylic acids is 1. The van der Waals surface area contributed by atoms with Crippen LogP contribution in [0.15, 0.2) is 48.5 Å². The number of hydrogen-bond donors (Lipinski definition) is 2. The monoisotopic (exact) mass is 299 g/mol. The predicted octanol–water partition coefficient (Wildman–Crippen LogP) is 2.32. The molecule has 0 fully saturated rings. The van der Waals surface area contributed by atoms with Gasteiger partial charge >= 0.3 is 0 Å². The van der Waals surface area contributed by atoms with Crippen LogP contribution in [0.1, 0.15) is 23.1 Å². The standard InChI is InChI=1S/C18H18FNO2/c19-15-6-7-16-14(10-15)8-9-18(16,12-21)17(22)20-11-13-4-2-1-3-5-13/h1-7,10,21H,8-9,11-12H2,(H,20,22). The Morgan fingerprint density at radius 1 is 1.23 bits per heavy atom. The van der Waals surface area contributed by atoms with E-state index in [9.17, 15) is 14.3 Å². The Morgan fingerprint density at radius 2 is 2.00 bits per heavy atom. The molecule has 0 saturated heterocycles. The number of hydrogen-bond acceptors (Lipinski definition) is 2. The van der Waals surface area contributed by atoms with Crippen LogP contribution in [0.2, 0.25) is 0 Å². The van der Waals surface area contributed by atoms with E-state index in [-0.39, 0.29) is 18.3 Å². The first-order valence-corrected chi connectivity index (χ1v) is 7.38. The van der Waals surface area contributed by atoms with Gasteiger partial charge in [0, 0.05) is 6.54 Å². The molecule has 0 bridgehead atoms. The lowest BCUT2D eigenvalue weighted by Crippen LogP contribution is -2.45. The van der Waals surface area contributed by atoms with Crippen molar-refractivity contribution in [3.63, 3.8) is 0 Å². The van der Waals surface area contributed by atoms with Crippen molar-refractivity contribution in [3.05, 3.63) is 71.0 Å². The number of halogens is 1. The van der Waals surface area contributed by atoms with E-state index >= 15 is 0 Å². The highest BCUT2D eigenvalue weighted by molar-refractivity contribution is 5.89. The summed E-state index contributed by atoms with van der Waals surface area (Å²) < 4.78 is 13.3. The molecular weight excluding hydrogens is 281 g/mol. The number of carbonyl (C=O) groups is 1. The summed E-state index contributed by atoms with van der Waals surface area (Å²) in [5, 5.41) is 12.7. The van der Waals surface area contributed by atoms with E-state index in [0.717, 1.165) is 16.7 Å². The van der Waals surface area contributed by atoms with Gasteiger partial charge in [0.25, 0.3) is 0 Å². The van der Waals surface area contributed by atoms with Crippen LogP contribution < -0.4 is 5.32 Å². The highest BCUT2D eigenvalue weighted by Crippen LogP contribution is 2.39. The van der Waals surface area contributed by atoms with Gasteiger partial charge in [0.05, 0.1) is 12.0 Å². The molecule has 0 radical (unpaired) electrons. The van der Waals surface area contributed by atoms with E-state index in [1.165, 1.54) is 12.1 Å². The summed E-state index contributed by atoms with van der Waals surface area (Å²) in [6.45, 7) is 0.143. The molecule has 1 aliphatic rings. The van der Waals surface area contributed by atoms with E-state index in [4.69, 9.17) is 0 Å². The van der Waals surface area contributed by atoms with E-state index in [1.807, 2.05) is 30.3 Å². The number of nitrogens with one attached hydrogen (secondary N) is 1. The average Bonchev–Trinajstić information content (AvgIpc) is 2.92. The fraction of sp³-hybridized carbons (Fsp3) is 0.278. The van der Waals surface area contributed by atoms with Crippen molar-refractivity contribution in [1.29, 1.82) is 0 Å². The molecule has 3 nitrogen and oxygen atoms in total. The Morgan fingerprint density at radius 3 is 2.73 bits per heavy atom. The van der Waals surface area contributed by atoms with Crippen LogP contribution in [0.25, 0.3) is 0 Å². The Bertz CT molecular complexity index is 687. The van der Waals surface area contributed by atoms with Gasteiger partial charge in [0.2, 0.25) is 5.91 Å². The Kier molecular flexibility index (Phi) is 3.94. The van der Waals surface area contributed by atoms with E-state index < -0.39 is 5.41 Å². The third-order valence-electron chi connectivity index (χ3n) is 4.40.